The molecule has 112 valence electrons. The van der Waals surface area contributed by atoms with Gasteiger partial charge in [0.15, 0.2) is 11.6 Å². The SMILES string of the molecule is CCNC(c1ccc(C)c(F)c1F)c1cccc(C)c1Br. The average molecular weight is 354 g/mol. The summed E-state index contributed by atoms with van der Waals surface area (Å²) in [4.78, 5) is 0. The van der Waals surface area contributed by atoms with Gasteiger partial charge in [0, 0.05) is 10.0 Å². The Hall–Kier alpha value is -1.26. The molecule has 1 N–H and O–H groups in total. The zero-order valence-electron chi connectivity index (χ0n) is 12.3. The van der Waals surface area contributed by atoms with Crippen molar-refractivity contribution >= 4 is 15.9 Å². The lowest BCUT2D eigenvalue weighted by Gasteiger charge is -2.22. The molecule has 0 aliphatic carbocycles. The van der Waals surface area contributed by atoms with Gasteiger partial charge < -0.3 is 5.32 Å². The predicted octanol–water partition coefficient (Wildman–Crippen LogP) is 5.04. The smallest absolute Gasteiger partial charge is 0.164 e. The predicted molar refractivity (Wildman–Crippen MR) is 85.5 cm³/mol. The zero-order valence-corrected chi connectivity index (χ0v) is 13.9. The van der Waals surface area contributed by atoms with E-state index in [2.05, 4.69) is 21.2 Å². The first kappa shape index (κ1) is 16.1. The second-order valence-electron chi connectivity index (χ2n) is 5.07. The summed E-state index contributed by atoms with van der Waals surface area (Å²) in [5.74, 6) is -1.56. The number of hydrogen-bond donors (Lipinski definition) is 1. The maximum absolute atomic E-state index is 14.3. The first-order valence-corrected chi connectivity index (χ1v) is 7.69. The molecule has 0 aliphatic heterocycles. The van der Waals surface area contributed by atoms with Crippen LogP contribution in [0.5, 0.6) is 0 Å². The topological polar surface area (TPSA) is 12.0 Å². The maximum Gasteiger partial charge on any atom is 0.164 e. The highest BCUT2D eigenvalue weighted by Crippen LogP contribution is 2.33. The minimum Gasteiger partial charge on any atom is -0.306 e. The molecule has 0 heterocycles. The van der Waals surface area contributed by atoms with Crippen molar-refractivity contribution in [1.29, 1.82) is 0 Å². The van der Waals surface area contributed by atoms with Gasteiger partial charge in [-0.3, -0.25) is 0 Å². The van der Waals surface area contributed by atoms with Crippen molar-refractivity contribution in [1.82, 2.24) is 5.32 Å². The highest BCUT2D eigenvalue weighted by Gasteiger charge is 2.22. The quantitative estimate of drug-likeness (QED) is 0.811. The molecule has 0 aromatic heterocycles. The van der Waals surface area contributed by atoms with Crippen molar-refractivity contribution in [2.24, 2.45) is 0 Å². The number of hydrogen-bond acceptors (Lipinski definition) is 1. The van der Waals surface area contributed by atoms with Crippen molar-refractivity contribution in [3.8, 4) is 0 Å². The standard InChI is InChI=1S/C17H18BrF2N/c1-4-21-17(12-7-5-6-10(2)14(12)18)13-9-8-11(3)15(19)16(13)20/h5-9,17,21H,4H2,1-3H3. The van der Waals surface area contributed by atoms with E-state index in [1.165, 1.54) is 0 Å². The number of aryl methyl sites for hydroxylation is 2. The van der Waals surface area contributed by atoms with E-state index in [0.29, 0.717) is 17.7 Å². The van der Waals surface area contributed by atoms with E-state index < -0.39 is 11.6 Å². The summed E-state index contributed by atoms with van der Waals surface area (Å²) in [5.41, 5.74) is 2.60. The van der Waals surface area contributed by atoms with Crippen LogP contribution in [0.25, 0.3) is 0 Å². The van der Waals surface area contributed by atoms with Crippen LogP contribution in [0.3, 0.4) is 0 Å². The first-order chi connectivity index (χ1) is 9.97. The van der Waals surface area contributed by atoms with E-state index in [1.807, 2.05) is 32.0 Å². The lowest BCUT2D eigenvalue weighted by Crippen LogP contribution is -2.24. The van der Waals surface area contributed by atoms with Crippen molar-refractivity contribution in [3.05, 3.63) is 68.7 Å². The number of rotatable bonds is 4. The molecule has 4 heteroatoms. The Balaban J connectivity index is 2.59. The molecule has 21 heavy (non-hydrogen) atoms. The third-order valence-electron chi connectivity index (χ3n) is 3.56. The van der Waals surface area contributed by atoms with Crippen LogP contribution in [0.2, 0.25) is 0 Å². The van der Waals surface area contributed by atoms with Gasteiger partial charge in [-0.1, -0.05) is 53.2 Å². The Bertz CT molecular complexity index is 655. The van der Waals surface area contributed by atoms with Crippen molar-refractivity contribution in [2.45, 2.75) is 26.8 Å². The highest BCUT2D eigenvalue weighted by atomic mass is 79.9. The summed E-state index contributed by atoms with van der Waals surface area (Å²) >= 11 is 3.55. The summed E-state index contributed by atoms with van der Waals surface area (Å²) in [6, 6.07) is 8.68. The molecule has 2 aromatic carbocycles. The van der Waals surface area contributed by atoms with Gasteiger partial charge in [0.1, 0.15) is 0 Å². The molecule has 0 amide bonds. The molecule has 0 saturated heterocycles. The van der Waals surface area contributed by atoms with Gasteiger partial charge in [-0.05, 0) is 37.1 Å². The van der Waals surface area contributed by atoms with Gasteiger partial charge in [0.2, 0.25) is 0 Å². The Kier molecular flexibility index (Phi) is 5.12. The Morgan fingerprint density at radius 2 is 1.71 bits per heavy atom. The summed E-state index contributed by atoms with van der Waals surface area (Å²) in [6.07, 6.45) is 0. The normalized spacial score (nSPS) is 12.5. The molecule has 0 fully saturated rings. The van der Waals surface area contributed by atoms with Gasteiger partial charge in [0.25, 0.3) is 0 Å². The molecule has 0 aliphatic rings. The molecule has 0 spiro atoms. The van der Waals surface area contributed by atoms with E-state index in [-0.39, 0.29) is 6.04 Å². The number of halogens is 3. The van der Waals surface area contributed by atoms with Crippen LogP contribution in [0.1, 0.15) is 35.2 Å². The second-order valence-corrected chi connectivity index (χ2v) is 5.86. The van der Waals surface area contributed by atoms with Crippen LogP contribution in [-0.4, -0.2) is 6.54 Å². The van der Waals surface area contributed by atoms with Crippen LogP contribution in [0.4, 0.5) is 8.78 Å². The molecule has 1 atom stereocenters. The van der Waals surface area contributed by atoms with Crippen LogP contribution in [0.15, 0.2) is 34.8 Å². The molecule has 1 nitrogen and oxygen atoms in total. The van der Waals surface area contributed by atoms with Crippen LogP contribution < -0.4 is 5.32 Å². The van der Waals surface area contributed by atoms with E-state index in [4.69, 9.17) is 0 Å². The monoisotopic (exact) mass is 353 g/mol. The lowest BCUT2D eigenvalue weighted by molar-refractivity contribution is 0.478. The molecule has 0 bridgehead atoms. The van der Waals surface area contributed by atoms with Crippen molar-refractivity contribution < 1.29 is 8.78 Å². The van der Waals surface area contributed by atoms with Gasteiger partial charge >= 0.3 is 0 Å². The molecule has 2 rings (SSSR count). The Morgan fingerprint density at radius 1 is 1.00 bits per heavy atom. The summed E-state index contributed by atoms with van der Waals surface area (Å²) in [5, 5.41) is 3.23. The van der Waals surface area contributed by atoms with E-state index in [0.717, 1.165) is 15.6 Å². The fraction of sp³-hybridized carbons (Fsp3) is 0.294. The summed E-state index contributed by atoms with van der Waals surface area (Å²) < 4.78 is 29.1. The van der Waals surface area contributed by atoms with Crippen molar-refractivity contribution in [3.63, 3.8) is 0 Å². The summed E-state index contributed by atoms with van der Waals surface area (Å²) in [7, 11) is 0. The van der Waals surface area contributed by atoms with Crippen LogP contribution >= 0.6 is 15.9 Å². The average Bonchev–Trinajstić information content (AvgIpc) is 2.46. The molecular formula is C17H18BrF2N. The highest BCUT2D eigenvalue weighted by molar-refractivity contribution is 9.10. The molecule has 1 unspecified atom stereocenters. The second kappa shape index (κ2) is 6.67. The molecule has 2 aromatic rings. The van der Waals surface area contributed by atoms with E-state index in [1.54, 1.807) is 19.1 Å². The number of benzene rings is 2. The van der Waals surface area contributed by atoms with Gasteiger partial charge in [-0.2, -0.15) is 0 Å². The van der Waals surface area contributed by atoms with Gasteiger partial charge in [-0.15, -0.1) is 0 Å². The largest absolute Gasteiger partial charge is 0.306 e. The fourth-order valence-corrected chi connectivity index (χ4v) is 2.86. The lowest BCUT2D eigenvalue weighted by atomic mass is 9.95. The molecule has 0 radical (unpaired) electrons. The first-order valence-electron chi connectivity index (χ1n) is 6.90. The minimum absolute atomic E-state index is 0.315. The van der Waals surface area contributed by atoms with Crippen LogP contribution in [-0.2, 0) is 0 Å². The van der Waals surface area contributed by atoms with Crippen LogP contribution in [0, 0.1) is 25.5 Å². The van der Waals surface area contributed by atoms with Gasteiger partial charge in [-0.25, -0.2) is 8.78 Å². The maximum atomic E-state index is 14.3. The van der Waals surface area contributed by atoms with E-state index >= 15 is 0 Å². The van der Waals surface area contributed by atoms with Crippen molar-refractivity contribution in [2.75, 3.05) is 6.54 Å². The van der Waals surface area contributed by atoms with E-state index in [9.17, 15) is 8.78 Å². The molecule has 0 saturated carbocycles. The Morgan fingerprint density at radius 3 is 2.38 bits per heavy atom. The third-order valence-corrected chi connectivity index (χ3v) is 4.64. The van der Waals surface area contributed by atoms with Gasteiger partial charge in [0.05, 0.1) is 6.04 Å². The fourth-order valence-electron chi connectivity index (χ4n) is 2.37. The summed E-state index contributed by atoms with van der Waals surface area (Å²) in [6.45, 7) is 6.13. The third kappa shape index (κ3) is 3.16. The number of nitrogens with one attached hydrogen (secondary N) is 1. The zero-order chi connectivity index (χ0) is 15.6. The minimum atomic E-state index is -0.783. The Labute approximate surface area is 132 Å². The molecular weight excluding hydrogens is 336 g/mol.